The van der Waals surface area contributed by atoms with Crippen LogP contribution in [0.4, 0.5) is 23.2 Å². The van der Waals surface area contributed by atoms with Gasteiger partial charge in [0.25, 0.3) is 5.78 Å². The second-order valence-electron chi connectivity index (χ2n) is 6.24. The molecular weight excluding hydrogens is 392 g/mol. The normalized spacial score (nSPS) is 11.8. The monoisotopic (exact) mass is 408 g/mol. The van der Waals surface area contributed by atoms with Gasteiger partial charge in [0.1, 0.15) is 5.82 Å². The van der Waals surface area contributed by atoms with Crippen molar-refractivity contribution in [3.63, 3.8) is 0 Å². The summed E-state index contributed by atoms with van der Waals surface area (Å²) in [6, 6.07) is 10.0. The molecule has 8 heteroatoms. The van der Waals surface area contributed by atoms with Crippen molar-refractivity contribution in [3.8, 4) is 0 Å². The summed E-state index contributed by atoms with van der Waals surface area (Å²) < 4.78 is 51.9. The quantitative estimate of drug-likeness (QED) is 0.451. The van der Waals surface area contributed by atoms with Crippen LogP contribution in [0.15, 0.2) is 42.5 Å². The van der Waals surface area contributed by atoms with Crippen molar-refractivity contribution in [2.45, 2.75) is 24.6 Å². The maximum absolute atomic E-state index is 14.1. The molecule has 28 heavy (non-hydrogen) atoms. The van der Waals surface area contributed by atoms with E-state index in [-0.39, 0.29) is 5.39 Å². The van der Waals surface area contributed by atoms with Gasteiger partial charge in [-0.2, -0.15) is 24.9 Å². The number of benzene rings is 2. The molecule has 0 aliphatic heterocycles. The van der Waals surface area contributed by atoms with Gasteiger partial charge in [-0.3, -0.25) is 9.78 Å². The van der Waals surface area contributed by atoms with Crippen LogP contribution in [0.3, 0.4) is 0 Å². The number of halogens is 4. The molecule has 0 atom stereocenters. The van der Waals surface area contributed by atoms with Gasteiger partial charge in [-0.05, 0) is 30.7 Å². The number of hydrogen-bond acceptors (Lipinski definition) is 4. The number of fused-ring (bicyclic) bond motifs is 1. The van der Waals surface area contributed by atoms with Gasteiger partial charge in [0.15, 0.2) is 0 Å². The number of rotatable bonds is 5. The second-order valence-corrected chi connectivity index (χ2v) is 7.23. The Hall–Kier alpha value is -2.61. The van der Waals surface area contributed by atoms with Crippen LogP contribution in [0.5, 0.6) is 0 Å². The predicted molar refractivity (Wildman–Crippen MR) is 103 cm³/mol. The molecule has 0 fully saturated rings. The molecule has 1 heterocycles. The molecule has 2 aromatic carbocycles. The highest BCUT2D eigenvalue weighted by Crippen LogP contribution is 2.31. The van der Waals surface area contributed by atoms with Crippen molar-refractivity contribution in [3.05, 3.63) is 70.7 Å². The smallest absolute Gasteiger partial charge is 0.398 e. The number of nitrogens with two attached hydrogens (primary N) is 1. The second kappa shape index (κ2) is 7.79. The molecule has 1 aromatic heterocycles. The molecule has 0 saturated heterocycles. The Morgan fingerprint density at radius 3 is 2.57 bits per heavy atom. The minimum atomic E-state index is -4.90. The lowest BCUT2D eigenvalue weighted by molar-refractivity contribution is -0.0885. The summed E-state index contributed by atoms with van der Waals surface area (Å²) in [6.07, 6.45) is -4.90. The SMILES string of the molecule is Cc1nc2cccc(F)c2c(N)c1CSCc1cccc(C(=O)C(F)(F)F)c1. The number of carbonyl (C=O) groups is 1. The van der Waals surface area contributed by atoms with Crippen LogP contribution in [0.1, 0.15) is 27.2 Å². The molecule has 0 aliphatic carbocycles. The average molecular weight is 408 g/mol. The lowest BCUT2D eigenvalue weighted by atomic mass is 10.1. The molecule has 3 nitrogen and oxygen atoms in total. The first-order valence-corrected chi connectivity index (χ1v) is 9.45. The van der Waals surface area contributed by atoms with Crippen molar-refractivity contribution < 1.29 is 22.4 Å². The maximum Gasteiger partial charge on any atom is 0.454 e. The molecule has 0 saturated carbocycles. The molecule has 0 spiro atoms. The fraction of sp³-hybridized carbons (Fsp3) is 0.200. The van der Waals surface area contributed by atoms with Gasteiger partial charge in [-0.1, -0.05) is 24.3 Å². The number of hydrogen-bond donors (Lipinski definition) is 1. The Balaban J connectivity index is 1.77. The molecular formula is C20H16F4N2OS. The number of nitrogens with zero attached hydrogens (tertiary/aromatic N) is 1. The number of carbonyl (C=O) groups excluding carboxylic acids is 1. The number of alkyl halides is 3. The van der Waals surface area contributed by atoms with Crippen LogP contribution < -0.4 is 5.73 Å². The van der Waals surface area contributed by atoms with Crippen LogP contribution in [0, 0.1) is 12.7 Å². The molecule has 146 valence electrons. The summed E-state index contributed by atoms with van der Waals surface area (Å²) in [6.45, 7) is 1.78. The van der Waals surface area contributed by atoms with Gasteiger partial charge in [0.05, 0.1) is 10.9 Å². The maximum atomic E-state index is 14.1. The Labute approximate surface area is 163 Å². The number of ketones is 1. The van der Waals surface area contributed by atoms with Crippen LogP contribution in [-0.2, 0) is 11.5 Å². The third-order valence-corrected chi connectivity index (χ3v) is 5.30. The first-order valence-electron chi connectivity index (χ1n) is 8.30. The number of aromatic nitrogens is 1. The standard InChI is InChI=1S/C20H16F4N2OS/c1-11-14(18(25)17-15(21)6-3-7-16(17)26-11)10-28-9-12-4-2-5-13(8-12)19(27)20(22,23)24/h2-8H,9-10H2,1H3,(H2,25,26). The predicted octanol–water partition coefficient (Wildman–Crippen LogP) is 5.44. The molecule has 3 aromatic rings. The van der Waals surface area contributed by atoms with Gasteiger partial charge in [0.2, 0.25) is 0 Å². The molecule has 0 aliphatic rings. The van der Waals surface area contributed by atoms with Crippen LogP contribution >= 0.6 is 11.8 Å². The third kappa shape index (κ3) is 4.11. The fourth-order valence-corrected chi connectivity index (χ4v) is 3.97. The Morgan fingerprint density at radius 1 is 1.14 bits per heavy atom. The highest BCUT2D eigenvalue weighted by molar-refractivity contribution is 7.97. The topological polar surface area (TPSA) is 56.0 Å². The van der Waals surface area contributed by atoms with Gasteiger partial charge >= 0.3 is 6.18 Å². The van der Waals surface area contributed by atoms with E-state index in [0.717, 1.165) is 6.07 Å². The highest BCUT2D eigenvalue weighted by Gasteiger charge is 2.39. The first kappa shape index (κ1) is 20.1. The van der Waals surface area contributed by atoms with E-state index < -0.39 is 23.3 Å². The zero-order chi connectivity index (χ0) is 20.5. The number of anilines is 1. The first-order chi connectivity index (χ1) is 13.2. The Bertz CT molecular complexity index is 1050. The van der Waals surface area contributed by atoms with E-state index in [9.17, 15) is 22.4 Å². The summed E-state index contributed by atoms with van der Waals surface area (Å²) in [5.41, 5.74) is 8.48. The Morgan fingerprint density at radius 2 is 1.86 bits per heavy atom. The molecule has 0 amide bonds. The summed E-state index contributed by atoms with van der Waals surface area (Å²) in [5, 5.41) is 0.265. The number of Topliss-reactive ketones (excluding diaryl/α,β-unsaturated/α-hetero) is 1. The van der Waals surface area contributed by atoms with Crippen molar-refractivity contribution in [2.24, 2.45) is 0 Å². The van der Waals surface area contributed by atoms with Crippen molar-refractivity contribution in [2.75, 3.05) is 5.73 Å². The molecule has 0 bridgehead atoms. The number of pyridine rings is 1. The number of nitrogen functional groups attached to an aromatic ring is 1. The fourth-order valence-electron chi connectivity index (χ4n) is 2.89. The summed E-state index contributed by atoms with van der Waals surface area (Å²) in [4.78, 5) is 15.8. The van der Waals surface area contributed by atoms with E-state index in [4.69, 9.17) is 5.73 Å². The van der Waals surface area contributed by atoms with Crippen LogP contribution in [-0.4, -0.2) is 16.9 Å². The van der Waals surface area contributed by atoms with Crippen LogP contribution in [0.25, 0.3) is 10.9 Å². The van der Waals surface area contributed by atoms with E-state index in [1.165, 1.54) is 30.0 Å². The van der Waals surface area contributed by atoms with Gasteiger partial charge in [-0.15, -0.1) is 0 Å². The zero-order valence-corrected chi connectivity index (χ0v) is 15.6. The summed E-state index contributed by atoms with van der Waals surface area (Å²) >= 11 is 1.40. The minimum absolute atomic E-state index is 0.265. The van der Waals surface area contributed by atoms with E-state index in [2.05, 4.69) is 4.98 Å². The van der Waals surface area contributed by atoms with Gasteiger partial charge in [0, 0.05) is 34.0 Å². The van der Waals surface area contributed by atoms with E-state index >= 15 is 0 Å². The van der Waals surface area contributed by atoms with Gasteiger partial charge < -0.3 is 5.73 Å². The van der Waals surface area contributed by atoms with Crippen molar-refractivity contribution >= 4 is 34.1 Å². The van der Waals surface area contributed by atoms with E-state index in [1.54, 1.807) is 25.1 Å². The molecule has 3 rings (SSSR count). The average Bonchev–Trinajstić information content (AvgIpc) is 2.63. The lowest BCUT2D eigenvalue weighted by Crippen LogP contribution is -2.22. The Kier molecular flexibility index (Phi) is 5.60. The van der Waals surface area contributed by atoms with E-state index in [1.807, 2.05) is 0 Å². The van der Waals surface area contributed by atoms with Crippen LogP contribution in [0.2, 0.25) is 0 Å². The minimum Gasteiger partial charge on any atom is -0.398 e. The van der Waals surface area contributed by atoms with Crippen molar-refractivity contribution in [1.29, 1.82) is 0 Å². The third-order valence-electron chi connectivity index (χ3n) is 4.27. The largest absolute Gasteiger partial charge is 0.454 e. The van der Waals surface area contributed by atoms with E-state index in [0.29, 0.717) is 39.5 Å². The number of thioether (sulfide) groups is 1. The molecule has 0 unspecified atom stereocenters. The number of aryl methyl sites for hydroxylation is 1. The highest BCUT2D eigenvalue weighted by atomic mass is 32.2. The molecule has 2 N–H and O–H groups in total. The zero-order valence-electron chi connectivity index (χ0n) is 14.8. The lowest BCUT2D eigenvalue weighted by Gasteiger charge is -2.13. The molecule has 0 radical (unpaired) electrons. The van der Waals surface area contributed by atoms with Crippen molar-refractivity contribution in [1.82, 2.24) is 4.98 Å². The summed E-state index contributed by atoms with van der Waals surface area (Å²) in [5.74, 6) is -1.54. The summed E-state index contributed by atoms with van der Waals surface area (Å²) in [7, 11) is 0. The van der Waals surface area contributed by atoms with Gasteiger partial charge in [-0.25, -0.2) is 4.39 Å².